The molecule has 244 valence electrons. The van der Waals surface area contributed by atoms with Crippen LogP contribution in [0.1, 0.15) is 103 Å². The van der Waals surface area contributed by atoms with Crippen LogP contribution in [0.2, 0.25) is 0 Å². The Kier molecular flexibility index (Phi) is 7.36. The summed E-state index contributed by atoms with van der Waals surface area (Å²) in [4.78, 5) is 40.8. The summed E-state index contributed by atoms with van der Waals surface area (Å²) in [5.74, 6) is -2.28. The number of hydrogen-bond acceptors (Lipinski definition) is 7. The fourth-order valence-electron chi connectivity index (χ4n) is 8.17. The van der Waals surface area contributed by atoms with Gasteiger partial charge in [0.2, 0.25) is 0 Å². The van der Waals surface area contributed by atoms with E-state index in [1.54, 1.807) is 6.08 Å². The number of phenolic OH excluding ortho intramolecular Hbond substituents is 1. The lowest BCUT2D eigenvalue weighted by atomic mass is 9.51. The van der Waals surface area contributed by atoms with Crippen molar-refractivity contribution in [3.63, 3.8) is 0 Å². The predicted octanol–water partition coefficient (Wildman–Crippen LogP) is 7.24. The Morgan fingerprint density at radius 2 is 1.70 bits per heavy atom. The van der Waals surface area contributed by atoms with Gasteiger partial charge in [-0.05, 0) is 93.2 Å². The maximum absolute atomic E-state index is 14.7. The van der Waals surface area contributed by atoms with E-state index in [-0.39, 0.29) is 40.8 Å². The summed E-state index contributed by atoms with van der Waals surface area (Å²) in [6, 6.07) is 0. The molecule has 1 aromatic rings. The van der Waals surface area contributed by atoms with Gasteiger partial charge < -0.3 is 24.4 Å². The molecule has 2 N–H and O–H groups in total. The van der Waals surface area contributed by atoms with Crippen LogP contribution in [0.3, 0.4) is 0 Å². The van der Waals surface area contributed by atoms with Gasteiger partial charge in [0.25, 0.3) is 0 Å². The number of allylic oxidation sites excluding steroid dienone is 5. The van der Waals surface area contributed by atoms with Crippen LogP contribution in [0.25, 0.3) is 6.08 Å². The van der Waals surface area contributed by atoms with Crippen LogP contribution in [-0.4, -0.2) is 50.2 Å². The molecule has 1 unspecified atom stereocenters. The second-order valence-electron chi connectivity index (χ2n) is 14.8. The molecule has 6 aliphatic rings. The number of carboxylic acid groups (broad SMARTS) is 1. The van der Waals surface area contributed by atoms with Crippen molar-refractivity contribution in [3.8, 4) is 17.2 Å². The van der Waals surface area contributed by atoms with Crippen molar-refractivity contribution < 1.29 is 38.8 Å². The van der Waals surface area contributed by atoms with Gasteiger partial charge in [0.1, 0.15) is 28.4 Å². The van der Waals surface area contributed by atoms with Crippen molar-refractivity contribution in [1.29, 1.82) is 0 Å². The number of fused-ring (bicyclic) bond motifs is 2. The summed E-state index contributed by atoms with van der Waals surface area (Å²) >= 11 is 0. The summed E-state index contributed by atoms with van der Waals surface area (Å²) in [7, 11) is 0. The molecule has 4 bridgehead atoms. The van der Waals surface area contributed by atoms with Gasteiger partial charge in [0.05, 0.1) is 11.2 Å². The van der Waals surface area contributed by atoms with E-state index in [2.05, 4.69) is 19.9 Å². The van der Waals surface area contributed by atoms with Crippen molar-refractivity contribution in [1.82, 2.24) is 0 Å². The summed E-state index contributed by atoms with van der Waals surface area (Å²) < 4.78 is 20.6. The van der Waals surface area contributed by atoms with E-state index in [1.165, 1.54) is 18.6 Å². The van der Waals surface area contributed by atoms with E-state index < -0.39 is 40.1 Å². The van der Waals surface area contributed by atoms with E-state index in [1.807, 2.05) is 52.8 Å². The Labute approximate surface area is 270 Å². The molecule has 1 spiro atoms. The second-order valence-corrected chi connectivity index (χ2v) is 14.8. The van der Waals surface area contributed by atoms with Crippen molar-refractivity contribution in [2.24, 2.45) is 11.8 Å². The molecular formula is C38H44O8. The van der Waals surface area contributed by atoms with E-state index in [0.29, 0.717) is 41.7 Å². The van der Waals surface area contributed by atoms with Crippen LogP contribution in [0.15, 0.2) is 52.7 Å². The maximum Gasteiger partial charge on any atom is 0.330 e. The molecule has 8 nitrogen and oxygen atoms in total. The lowest BCUT2D eigenvalue weighted by Crippen LogP contribution is -2.72. The number of aromatic hydroxyl groups is 1. The largest absolute Gasteiger partial charge is 0.506 e. The predicted molar refractivity (Wildman–Crippen MR) is 174 cm³/mol. The number of rotatable bonds is 8. The average Bonchev–Trinajstić information content (AvgIpc) is 3.12. The SMILES string of the molecule is CC(C)=CCC[C@@]1(C)C=Cc2c(O)c3c(c(CC=C(C)C)c2O1)O[C@]12C(=CC4C[C@H]1C(C)(C)O[C@@]2(C/C=C(/C)C(=O)O)C4=O)C3=O. The second kappa shape index (κ2) is 10.6. The number of hydrogen-bond donors (Lipinski definition) is 2. The van der Waals surface area contributed by atoms with Gasteiger partial charge >= 0.3 is 5.97 Å². The number of phenols is 1. The third kappa shape index (κ3) is 4.47. The van der Waals surface area contributed by atoms with E-state index >= 15 is 0 Å². The van der Waals surface area contributed by atoms with E-state index in [0.717, 1.165) is 12.0 Å². The van der Waals surface area contributed by atoms with Gasteiger partial charge in [-0.25, -0.2) is 4.79 Å². The van der Waals surface area contributed by atoms with Gasteiger partial charge in [0.15, 0.2) is 22.8 Å². The highest BCUT2D eigenvalue weighted by Crippen LogP contribution is 2.68. The molecule has 1 saturated heterocycles. The molecule has 1 aromatic carbocycles. The Morgan fingerprint density at radius 3 is 2.35 bits per heavy atom. The summed E-state index contributed by atoms with van der Waals surface area (Å²) in [6.45, 7) is 15.4. The lowest BCUT2D eigenvalue weighted by molar-refractivity contribution is -0.171. The van der Waals surface area contributed by atoms with Gasteiger partial charge in [-0.2, -0.15) is 0 Å². The van der Waals surface area contributed by atoms with Gasteiger partial charge in [0, 0.05) is 35.0 Å². The molecule has 3 aliphatic heterocycles. The number of Topliss-reactive ketones (excluding diaryl/α,β-unsaturated/α-hetero) is 2. The molecule has 7 rings (SSSR count). The number of carbonyl (C=O) groups is 3. The van der Waals surface area contributed by atoms with Gasteiger partial charge in [-0.15, -0.1) is 0 Å². The highest BCUT2D eigenvalue weighted by atomic mass is 16.6. The maximum atomic E-state index is 14.7. The minimum atomic E-state index is -1.63. The van der Waals surface area contributed by atoms with Gasteiger partial charge in [-0.3, -0.25) is 9.59 Å². The molecule has 2 fully saturated rings. The summed E-state index contributed by atoms with van der Waals surface area (Å²) in [6.07, 6.45) is 13.4. The standard InChI is InChI=1S/C38H44O8/c1-20(2)10-9-15-36(8)16-14-24-29(39)28-30(40)26-18-23-19-27-35(6,7)46-37(33(23)41,17-13-22(5)34(42)43)38(26,27)45-32(28)25(31(24)44-36)12-11-21(3)4/h10-11,13-14,16,18,23,27,39H,9,12,15,17,19H2,1-8H3,(H,42,43)/b22-13-/t23?,27-,36-,37-,38+/m0/s1. The Balaban J connectivity index is 1.59. The quantitative estimate of drug-likeness (QED) is 0.228. The molecule has 3 aliphatic carbocycles. The zero-order valence-corrected chi connectivity index (χ0v) is 28.0. The van der Waals surface area contributed by atoms with E-state index in [9.17, 15) is 24.6 Å². The molecule has 8 heteroatoms. The van der Waals surface area contributed by atoms with Crippen LogP contribution in [0, 0.1) is 11.8 Å². The topological polar surface area (TPSA) is 119 Å². The molecular weight excluding hydrogens is 584 g/mol. The highest BCUT2D eigenvalue weighted by Gasteiger charge is 2.81. The Bertz CT molecular complexity index is 1730. The molecule has 46 heavy (non-hydrogen) atoms. The minimum absolute atomic E-state index is 0.0544. The monoisotopic (exact) mass is 628 g/mol. The van der Waals surface area contributed by atoms with Crippen molar-refractivity contribution in [2.45, 2.75) is 110 Å². The molecule has 0 aromatic heterocycles. The zero-order chi connectivity index (χ0) is 33.6. The average molecular weight is 629 g/mol. The van der Waals surface area contributed by atoms with E-state index in [4.69, 9.17) is 14.2 Å². The Morgan fingerprint density at radius 1 is 1.00 bits per heavy atom. The molecule has 5 atom stereocenters. The number of carbonyl (C=O) groups excluding carboxylic acids is 2. The van der Waals surface area contributed by atoms with Crippen LogP contribution in [0.5, 0.6) is 17.2 Å². The van der Waals surface area contributed by atoms with Gasteiger partial charge in [-0.1, -0.05) is 35.5 Å². The zero-order valence-electron chi connectivity index (χ0n) is 28.0. The van der Waals surface area contributed by atoms with Crippen molar-refractivity contribution in [2.75, 3.05) is 0 Å². The summed E-state index contributed by atoms with van der Waals surface area (Å²) in [5.41, 5.74) is -0.952. The number of benzene rings is 1. The summed E-state index contributed by atoms with van der Waals surface area (Å²) in [5, 5.41) is 21.4. The fourth-order valence-corrected chi connectivity index (χ4v) is 8.17. The van der Waals surface area contributed by atoms with Crippen LogP contribution >= 0.6 is 0 Å². The number of aliphatic carboxylic acids is 1. The number of ether oxygens (including phenoxy) is 3. The third-order valence-electron chi connectivity index (χ3n) is 10.5. The third-order valence-corrected chi connectivity index (χ3v) is 10.5. The Hall–Kier alpha value is -3.91. The number of ketones is 2. The molecule has 0 radical (unpaired) electrons. The first-order chi connectivity index (χ1) is 21.5. The van der Waals surface area contributed by atoms with Crippen LogP contribution in [0.4, 0.5) is 0 Å². The van der Waals surface area contributed by atoms with Crippen LogP contribution < -0.4 is 9.47 Å². The highest BCUT2D eigenvalue weighted by molar-refractivity contribution is 6.19. The first-order valence-corrected chi connectivity index (χ1v) is 16.2. The lowest BCUT2D eigenvalue weighted by Gasteiger charge is -2.56. The molecule has 3 heterocycles. The molecule has 1 saturated carbocycles. The van der Waals surface area contributed by atoms with Crippen molar-refractivity contribution in [3.05, 3.63) is 69.4 Å². The normalized spacial score (nSPS) is 31.2. The number of carboxylic acids is 1. The molecule has 0 amide bonds. The first kappa shape index (κ1) is 32.0. The van der Waals surface area contributed by atoms with Crippen LogP contribution in [-0.2, 0) is 20.7 Å². The smallest absolute Gasteiger partial charge is 0.330 e. The fraction of sp³-hybridized carbons (Fsp3) is 0.500. The first-order valence-electron chi connectivity index (χ1n) is 16.2. The minimum Gasteiger partial charge on any atom is -0.506 e. The van der Waals surface area contributed by atoms with Crippen molar-refractivity contribution >= 4 is 23.6 Å².